The second-order valence-electron chi connectivity index (χ2n) is 0.462. The lowest BCUT2D eigenvalue weighted by atomic mass is 11.4. The Kier molecular flexibility index (Phi) is 2.75. The molecule has 0 aromatic rings. The van der Waals surface area contributed by atoms with Gasteiger partial charge >= 0.3 is 12.3 Å². The molecule has 4 heteroatoms. The summed E-state index contributed by atoms with van der Waals surface area (Å²) in [5.41, 5.74) is 0. The largest absolute Gasteiger partial charge is 0.421 e. The lowest BCUT2D eigenvalue weighted by Crippen LogP contribution is -1.92. The van der Waals surface area contributed by atoms with E-state index in [0.717, 1.165) is 6.47 Å². The second-order valence-corrected chi connectivity index (χ2v) is 0.805. The topological polar surface area (TPSA) is 26.3 Å². The van der Waals surface area contributed by atoms with E-state index in [0.29, 0.717) is 0 Å². The van der Waals surface area contributed by atoms with Crippen molar-refractivity contribution in [2.75, 3.05) is 0 Å². The van der Waals surface area contributed by atoms with Crippen molar-refractivity contribution in [3.05, 3.63) is 0 Å². The highest BCUT2D eigenvalue weighted by molar-refractivity contribution is 6.18. The van der Waals surface area contributed by atoms with Crippen LogP contribution in [0.15, 0.2) is 0 Å². The summed E-state index contributed by atoms with van der Waals surface area (Å²) >= 11 is 4.43. The van der Waals surface area contributed by atoms with Gasteiger partial charge in [0, 0.05) is 0 Å². The van der Waals surface area contributed by atoms with Gasteiger partial charge in [0.05, 0.1) is 0 Å². The molecule has 0 spiro atoms. The van der Waals surface area contributed by atoms with E-state index in [9.17, 15) is 4.39 Å². The molecule has 0 amide bonds. The van der Waals surface area contributed by atoms with Gasteiger partial charge in [0.1, 0.15) is 0 Å². The molecule has 0 aromatic carbocycles. The third kappa shape index (κ3) is 3.69. The van der Waals surface area contributed by atoms with Gasteiger partial charge in [0.15, 0.2) is 0 Å². The average molecular weight is 111 g/mol. The fourth-order valence-corrected chi connectivity index (χ4v) is 0.0727. The van der Waals surface area contributed by atoms with Crippen molar-refractivity contribution in [2.24, 2.45) is 0 Å². The van der Waals surface area contributed by atoms with Crippen LogP contribution >= 0.6 is 11.6 Å². The normalized spacial score (nSPS) is 13.0. The van der Waals surface area contributed by atoms with Gasteiger partial charge in [-0.15, -0.1) is 0 Å². The molecule has 35 valence electrons. The molecule has 6 heavy (non-hydrogen) atoms. The first-order chi connectivity index (χ1) is 2.77. The summed E-state index contributed by atoms with van der Waals surface area (Å²) in [4.78, 5) is 8.94. The molecule has 0 N–H and O–H groups in total. The third-order valence-electron chi connectivity index (χ3n) is 0.137. The molecule has 0 bridgehead atoms. The van der Waals surface area contributed by atoms with Crippen LogP contribution in [-0.4, -0.2) is 12.3 Å². The Morgan fingerprint density at radius 1 is 2.00 bits per heavy atom. The number of hydrogen-bond acceptors (Lipinski definition) is 2. The first kappa shape index (κ1) is 5.69. The number of alkyl halides is 2. The quantitative estimate of drug-likeness (QED) is 0.487. The van der Waals surface area contributed by atoms with E-state index in [4.69, 9.17) is 4.79 Å². The highest BCUT2D eigenvalue weighted by Gasteiger charge is 1.94. The molecule has 0 heterocycles. The van der Waals surface area contributed by atoms with Crippen molar-refractivity contribution in [3.63, 3.8) is 0 Å². The fourth-order valence-electron chi connectivity index (χ4n) is 0.0364. The van der Waals surface area contributed by atoms with Crippen molar-refractivity contribution in [2.45, 2.75) is 5.82 Å². The monoisotopic (exact) mass is 111 g/mol. The SMILES string of the molecule is O=[C]OC(F)Cl. The van der Waals surface area contributed by atoms with E-state index in [1.54, 1.807) is 0 Å². The van der Waals surface area contributed by atoms with Gasteiger partial charge in [-0.3, -0.25) is 0 Å². The van der Waals surface area contributed by atoms with Crippen LogP contribution in [-0.2, 0) is 9.53 Å². The van der Waals surface area contributed by atoms with E-state index in [1.165, 1.54) is 0 Å². The Bertz CT molecular complexity index is 46.8. The van der Waals surface area contributed by atoms with Gasteiger partial charge < -0.3 is 4.74 Å². The van der Waals surface area contributed by atoms with E-state index in [-0.39, 0.29) is 0 Å². The van der Waals surface area contributed by atoms with Gasteiger partial charge in [0.25, 0.3) is 0 Å². The van der Waals surface area contributed by atoms with Crippen molar-refractivity contribution in [3.8, 4) is 0 Å². The van der Waals surface area contributed by atoms with Crippen molar-refractivity contribution in [1.29, 1.82) is 0 Å². The average Bonchev–Trinajstić information content (AvgIpc) is 1.35. The predicted octanol–water partition coefficient (Wildman–Crippen LogP) is 0.562. The molecule has 0 aliphatic carbocycles. The Morgan fingerprint density at radius 2 is 2.50 bits per heavy atom. The molecule has 0 aliphatic heterocycles. The van der Waals surface area contributed by atoms with Gasteiger partial charge in [-0.05, 0) is 11.6 Å². The van der Waals surface area contributed by atoms with Gasteiger partial charge in [-0.2, -0.15) is 4.39 Å². The summed E-state index contributed by atoms with van der Waals surface area (Å²) in [6.45, 7) is 0.810. The zero-order chi connectivity index (χ0) is 4.99. The molecule has 1 radical (unpaired) electrons. The lowest BCUT2D eigenvalue weighted by Gasteiger charge is -1.87. The minimum Gasteiger partial charge on any atom is -0.408 e. The van der Waals surface area contributed by atoms with Crippen LogP contribution in [0.4, 0.5) is 4.39 Å². The van der Waals surface area contributed by atoms with Crippen LogP contribution in [0.3, 0.4) is 0 Å². The van der Waals surface area contributed by atoms with Gasteiger partial charge in [-0.1, -0.05) is 0 Å². The van der Waals surface area contributed by atoms with Crippen molar-refractivity contribution < 1.29 is 13.9 Å². The van der Waals surface area contributed by atoms with Crippen LogP contribution in [0, 0.1) is 0 Å². The standard InChI is InChI=1S/C2HClFO2/c3-2(4)6-1-5/h2H. The van der Waals surface area contributed by atoms with E-state index >= 15 is 0 Å². The van der Waals surface area contributed by atoms with Crippen LogP contribution in [0.2, 0.25) is 0 Å². The predicted molar refractivity (Wildman–Crippen MR) is 17.5 cm³/mol. The maximum absolute atomic E-state index is 11.0. The Morgan fingerprint density at radius 3 is 2.50 bits per heavy atom. The van der Waals surface area contributed by atoms with Crippen molar-refractivity contribution in [1.82, 2.24) is 0 Å². The zero-order valence-electron chi connectivity index (χ0n) is 2.65. The summed E-state index contributed by atoms with van der Waals surface area (Å²) in [5, 5.41) is 0. The van der Waals surface area contributed by atoms with Crippen LogP contribution < -0.4 is 0 Å². The first-order valence-electron chi connectivity index (χ1n) is 1.08. The van der Waals surface area contributed by atoms with Crippen LogP contribution in [0.25, 0.3) is 0 Å². The van der Waals surface area contributed by atoms with Gasteiger partial charge in [0.2, 0.25) is 0 Å². The van der Waals surface area contributed by atoms with Crippen LogP contribution in [0.1, 0.15) is 0 Å². The first-order valence-corrected chi connectivity index (χ1v) is 1.52. The molecule has 2 nitrogen and oxygen atoms in total. The highest BCUT2D eigenvalue weighted by atomic mass is 35.5. The van der Waals surface area contributed by atoms with Crippen LogP contribution in [0.5, 0.6) is 0 Å². The summed E-state index contributed by atoms with van der Waals surface area (Å²) in [5.74, 6) is -2.05. The molecule has 0 aliphatic rings. The second kappa shape index (κ2) is 2.90. The molecule has 1 unspecified atom stereocenters. The van der Waals surface area contributed by atoms with Gasteiger partial charge in [-0.25, -0.2) is 4.79 Å². The molecule has 0 saturated carbocycles. The van der Waals surface area contributed by atoms with E-state index in [1.807, 2.05) is 0 Å². The van der Waals surface area contributed by atoms with E-state index in [2.05, 4.69) is 16.3 Å². The summed E-state index contributed by atoms with van der Waals surface area (Å²) in [6.07, 6.45) is 0. The Labute approximate surface area is 38.8 Å². The summed E-state index contributed by atoms with van der Waals surface area (Å²) < 4.78 is 14.3. The maximum Gasteiger partial charge on any atom is 0.421 e. The number of rotatable bonds is 2. The molecule has 0 fully saturated rings. The Balaban J connectivity index is 2.81. The number of carbonyl (C=O) groups excluding carboxylic acids is 1. The molecule has 1 atom stereocenters. The number of halogens is 2. The number of hydrogen-bond donors (Lipinski definition) is 0. The zero-order valence-corrected chi connectivity index (χ0v) is 3.41. The van der Waals surface area contributed by atoms with E-state index < -0.39 is 5.82 Å². The molecule has 0 aromatic heterocycles. The lowest BCUT2D eigenvalue weighted by molar-refractivity contribution is 0.127. The number of ether oxygens (including phenoxy) is 1. The summed E-state index contributed by atoms with van der Waals surface area (Å²) in [7, 11) is 0. The molecule has 0 saturated heterocycles. The molecule has 0 rings (SSSR count). The smallest absolute Gasteiger partial charge is 0.408 e. The third-order valence-corrected chi connectivity index (χ3v) is 0.226. The molecular weight excluding hydrogens is 110 g/mol. The highest BCUT2D eigenvalue weighted by Crippen LogP contribution is 1.93. The minimum absolute atomic E-state index is 0.810. The minimum atomic E-state index is -2.05. The Hall–Kier alpha value is -0.310. The maximum atomic E-state index is 11.0. The summed E-state index contributed by atoms with van der Waals surface area (Å²) in [6, 6.07) is 0. The fraction of sp³-hybridized carbons (Fsp3) is 0.500. The molecular formula is C2HClFO2. The van der Waals surface area contributed by atoms with Crippen molar-refractivity contribution >= 4 is 18.1 Å².